The van der Waals surface area contributed by atoms with E-state index in [1.54, 1.807) is 0 Å². The molecule has 1 aromatic carbocycles. The van der Waals surface area contributed by atoms with Crippen LogP contribution in [0.3, 0.4) is 0 Å². The third kappa shape index (κ3) is 11.4. The normalized spacial score (nSPS) is 12.6. The first-order valence-electron chi connectivity index (χ1n) is 5.23. The molecule has 0 aliphatic rings. The van der Waals surface area contributed by atoms with Crippen molar-refractivity contribution in [2.75, 3.05) is 0 Å². The quantitative estimate of drug-likeness (QED) is 0.453. The standard InChI is InChI=1S/C8H18N.C5H5.2ClH.Ti/c1-6-8(5,9)7(2,3)4;1-2-4-5-3-1;;;/h9H,6H2,1-5H3;1-5H;2*1H;/q2*-1;;;+4/p-2. The Kier molecular flexibility index (Phi) is 18.0. The summed E-state index contributed by atoms with van der Waals surface area (Å²) in [4.78, 5) is 0. The molecule has 0 saturated carbocycles. The predicted molar refractivity (Wildman–Crippen MR) is 64.5 cm³/mol. The van der Waals surface area contributed by atoms with Crippen molar-refractivity contribution in [3.8, 4) is 0 Å². The zero-order valence-electron chi connectivity index (χ0n) is 11.3. The van der Waals surface area contributed by atoms with Crippen LogP contribution >= 0.6 is 0 Å². The summed E-state index contributed by atoms with van der Waals surface area (Å²) in [6.45, 7) is 10.4. The summed E-state index contributed by atoms with van der Waals surface area (Å²) in [7, 11) is 0. The minimum absolute atomic E-state index is 0. The maximum absolute atomic E-state index is 7.83. The third-order valence-electron chi connectivity index (χ3n) is 2.92. The topological polar surface area (TPSA) is 23.8 Å². The van der Waals surface area contributed by atoms with Crippen molar-refractivity contribution in [2.45, 2.75) is 46.6 Å². The van der Waals surface area contributed by atoms with Crippen LogP contribution < -0.4 is 24.8 Å². The monoisotopic (exact) mass is 311 g/mol. The largest absolute Gasteiger partial charge is 4.00 e. The van der Waals surface area contributed by atoms with Crippen LogP contribution in [0, 0.1) is 5.41 Å². The van der Waals surface area contributed by atoms with E-state index >= 15 is 0 Å². The average molecular weight is 312 g/mol. The summed E-state index contributed by atoms with van der Waals surface area (Å²) in [6.07, 6.45) is 0.927. The molecule has 0 saturated heterocycles. The molecule has 0 heterocycles. The molecule has 0 spiro atoms. The van der Waals surface area contributed by atoms with Crippen LogP contribution in [-0.4, -0.2) is 5.54 Å². The second kappa shape index (κ2) is 11.7. The smallest absolute Gasteiger partial charge is 1.00 e. The van der Waals surface area contributed by atoms with Crippen LogP contribution in [0.5, 0.6) is 0 Å². The molecule has 0 amide bonds. The van der Waals surface area contributed by atoms with Gasteiger partial charge in [-0.05, 0) is 0 Å². The molecule has 0 aliphatic carbocycles. The maximum Gasteiger partial charge on any atom is 4.00 e. The van der Waals surface area contributed by atoms with Gasteiger partial charge in [0.1, 0.15) is 0 Å². The third-order valence-corrected chi connectivity index (χ3v) is 2.92. The fraction of sp³-hybridized carbons (Fsp3) is 0.615. The Hall–Kier alpha value is 0.604. The number of hydrogen-bond donors (Lipinski definition) is 0. The van der Waals surface area contributed by atoms with Crippen molar-refractivity contribution in [1.29, 1.82) is 0 Å². The Labute approximate surface area is 134 Å². The van der Waals surface area contributed by atoms with Crippen LogP contribution in [0.25, 0.3) is 5.73 Å². The van der Waals surface area contributed by atoms with Gasteiger partial charge in [0.25, 0.3) is 0 Å². The van der Waals surface area contributed by atoms with Crippen LogP contribution in [0.15, 0.2) is 30.3 Å². The van der Waals surface area contributed by atoms with Gasteiger partial charge >= 0.3 is 21.7 Å². The first kappa shape index (κ1) is 26.2. The van der Waals surface area contributed by atoms with Gasteiger partial charge in [-0.2, -0.15) is 18.2 Å². The molecule has 1 nitrogen and oxygen atoms in total. The van der Waals surface area contributed by atoms with Crippen molar-refractivity contribution in [3.63, 3.8) is 0 Å². The van der Waals surface area contributed by atoms with E-state index in [9.17, 15) is 0 Å². The summed E-state index contributed by atoms with van der Waals surface area (Å²) in [5.41, 5.74) is 7.67. The number of rotatable bonds is 1. The van der Waals surface area contributed by atoms with E-state index in [1.165, 1.54) is 0 Å². The van der Waals surface area contributed by atoms with E-state index in [-0.39, 0.29) is 57.5 Å². The molecule has 1 unspecified atom stereocenters. The first-order chi connectivity index (χ1) is 6.31. The second-order valence-electron chi connectivity index (χ2n) is 4.90. The minimum atomic E-state index is -0.271. The number of nitrogens with one attached hydrogen (secondary N) is 1. The van der Waals surface area contributed by atoms with Gasteiger partial charge < -0.3 is 30.5 Å². The first-order valence-corrected chi connectivity index (χ1v) is 5.23. The molecular formula is C13H23Cl2NTi. The molecule has 0 fully saturated rings. The van der Waals surface area contributed by atoms with Gasteiger partial charge in [-0.25, -0.2) is 12.1 Å². The van der Waals surface area contributed by atoms with E-state index in [2.05, 4.69) is 27.7 Å². The SMILES string of the molecule is CCC(C)([NH-])C(C)(C)C.[Cl-].[Cl-].[Ti+4].c1cc[cH-]c1. The van der Waals surface area contributed by atoms with Gasteiger partial charge in [0.2, 0.25) is 0 Å². The Morgan fingerprint density at radius 1 is 1.00 bits per heavy atom. The summed E-state index contributed by atoms with van der Waals surface area (Å²) in [6, 6.07) is 10.0. The van der Waals surface area contributed by atoms with Crippen molar-refractivity contribution >= 4 is 0 Å². The Balaban J connectivity index is -0.0000000921. The van der Waals surface area contributed by atoms with Crippen LogP contribution in [0.1, 0.15) is 41.0 Å². The maximum atomic E-state index is 7.83. The van der Waals surface area contributed by atoms with Crippen LogP contribution in [0.4, 0.5) is 0 Å². The number of halogens is 2. The summed E-state index contributed by atoms with van der Waals surface area (Å²) in [5.74, 6) is 0. The summed E-state index contributed by atoms with van der Waals surface area (Å²) < 4.78 is 0. The Morgan fingerprint density at radius 2 is 1.35 bits per heavy atom. The predicted octanol–water partition coefficient (Wildman–Crippen LogP) is -1.34. The fourth-order valence-electron chi connectivity index (χ4n) is 0.851. The second-order valence-corrected chi connectivity index (χ2v) is 4.90. The number of hydrogen-bond acceptors (Lipinski definition) is 0. The van der Waals surface area contributed by atoms with Gasteiger partial charge in [0, 0.05) is 0 Å². The minimum Gasteiger partial charge on any atom is -1.00 e. The zero-order valence-corrected chi connectivity index (χ0v) is 14.4. The molecule has 1 aromatic rings. The molecule has 0 bridgehead atoms. The van der Waals surface area contributed by atoms with E-state index in [1.807, 2.05) is 37.3 Å². The summed E-state index contributed by atoms with van der Waals surface area (Å²) in [5, 5.41) is 0. The van der Waals surface area contributed by atoms with Crippen molar-refractivity contribution in [1.82, 2.24) is 0 Å². The van der Waals surface area contributed by atoms with Gasteiger partial charge in [-0.1, -0.05) is 46.5 Å². The molecule has 1 atom stereocenters. The van der Waals surface area contributed by atoms with E-state index < -0.39 is 0 Å². The van der Waals surface area contributed by atoms with Crippen molar-refractivity contribution in [2.24, 2.45) is 5.41 Å². The molecule has 1 N–H and O–H groups in total. The van der Waals surface area contributed by atoms with Gasteiger partial charge in [0.05, 0.1) is 0 Å². The fourth-order valence-corrected chi connectivity index (χ4v) is 0.851. The molecule has 4 heteroatoms. The Bertz CT molecular complexity index is 211. The Morgan fingerprint density at radius 3 is 1.41 bits per heavy atom. The molecule has 17 heavy (non-hydrogen) atoms. The van der Waals surface area contributed by atoms with Crippen LogP contribution in [0.2, 0.25) is 0 Å². The molecule has 0 aromatic heterocycles. The molecule has 98 valence electrons. The summed E-state index contributed by atoms with van der Waals surface area (Å²) >= 11 is 0. The van der Waals surface area contributed by atoms with Gasteiger partial charge in [-0.3, -0.25) is 0 Å². The molecule has 1 rings (SSSR count). The van der Waals surface area contributed by atoms with E-state index in [4.69, 9.17) is 5.73 Å². The van der Waals surface area contributed by atoms with Crippen molar-refractivity contribution in [3.05, 3.63) is 36.1 Å². The molecule has 0 aliphatic heterocycles. The zero-order chi connectivity index (χ0) is 11.2. The van der Waals surface area contributed by atoms with Gasteiger partial charge in [0.15, 0.2) is 0 Å². The average Bonchev–Trinajstić information content (AvgIpc) is 2.59. The van der Waals surface area contributed by atoms with E-state index in [0.29, 0.717) is 0 Å². The molecular weight excluding hydrogens is 289 g/mol. The van der Waals surface area contributed by atoms with Gasteiger partial charge in [-0.15, -0.1) is 5.54 Å². The van der Waals surface area contributed by atoms with E-state index in [0.717, 1.165) is 6.42 Å². The molecule has 0 radical (unpaired) electrons. The van der Waals surface area contributed by atoms with Crippen molar-refractivity contribution < 1.29 is 46.5 Å². The van der Waals surface area contributed by atoms with Crippen LogP contribution in [-0.2, 0) is 21.7 Å².